The van der Waals surface area contributed by atoms with Gasteiger partial charge in [0, 0.05) is 49.5 Å². The lowest BCUT2D eigenvalue weighted by Gasteiger charge is -2.40. The van der Waals surface area contributed by atoms with Crippen molar-refractivity contribution in [2.24, 2.45) is 23.5 Å². The molecule has 1 aromatic heterocycles. The van der Waals surface area contributed by atoms with Gasteiger partial charge >= 0.3 is 6.09 Å². The number of rotatable bonds is 28. The number of amides is 5. The van der Waals surface area contributed by atoms with Crippen molar-refractivity contribution in [2.45, 2.75) is 143 Å². The molecule has 0 bridgehead atoms. The number of thiazole rings is 1. The number of aromatic nitrogens is 1. The summed E-state index contributed by atoms with van der Waals surface area (Å²) >= 11 is 1.32. The van der Waals surface area contributed by atoms with Crippen LogP contribution in [0.3, 0.4) is 0 Å². The van der Waals surface area contributed by atoms with E-state index < -0.39 is 42.0 Å². The monoisotopic (exact) mass is 931 g/mol. The SMILES string of the molecule is CCCO[C@H](C[C@H](C(C)C)N(CCC)C(=O)[C@@H](NC(=O)[C@H]1CCCCN1C)[C@@H](C)CC)c1nc(C(=O)N[C@@H](CCc2ccc(O)cc2)C[C@H](C)C(=O)NNC(=O)OCCOCCN)cs1. The highest BCUT2D eigenvalue weighted by Gasteiger charge is 2.38. The Morgan fingerprint density at radius 1 is 0.954 bits per heavy atom. The number of benzene rings is 1. The molecule has 5 amide bonds. The van der Waals surface area contributed by atoms with Crippen molar-refractivity contribution in [1.82, 2.24) is 36.3 Å². The molecule has 65 heavy (non-hydrogen) atoms. The number of aromatic hydroxyl groups is 1. The minimum absolute atomic E-state index is 0.0138. The molecular weight excluding hydrogens is 853 g/mol. The molecule has 1 aromatic carbocycles. The molecule has 1 aliphatic rings. The van der Waals surface area contributed by atoms with Crippen LogP contribution in [0, 0.1) is 17.8 Å². The second-order valence-corrected chi connectivity index (χ2v) is 18.4. The van der Waals surface area contributed by atoms with E-state index in [9.17, 15) is 29.1 Å². The summed E-state index contributed by atoms with van der Waals surface area (Å²) in [6.45, 7) is 16.7. The molecule has 7 atom stereocenters. The van der Waals surface area contributed by atoms with Crippen molar-refractivity contribution in [3.05, 3.63) is 45.9 Å². The fraction of sp³-hybridized carbons (Fsp3) is 0.702. The number of carbonyl (C=O) groups excluding carboxylic acids is 5. The number of likely N-dealkylation sites (tertiary alicyclic amines) is 1. The van der Waals surface area contributed by atoms with Gasteiger partial charge < -0.3 is 40.6 Å². The fourth-order valence-electron chi connectivity index (χ4n) is 7.91. The molecular formula is C47H78N8O9S. The number of likely N-dealkylation sites (N-methyl/N-ethyl adjacent to an activating group) is 1. The minimum Gasteiger partial charge on any atom is -0.508 e. The van der Waals surface area contributed by atoms with E-state index in [4.69, 9.17) is 24.9 Å². The predicted molar refractivity (Wildman–Crippen MR) is 252 cm³/mol. The third-order valence-corrected chi connectivity index (χ3v) is 12.9. The van der Waals surface area contributed by atoms with E-state index in [2.05, 4.69) is 40.2 Å². The van der Waals surface area contributed by atoms with E-state index in [-0.39, 0.29) is 66.8 Å². The van der Waals surface area contributed by atoms with Crippen molar-refractivity contribution in [3.63, 3.8) is 0 Å². The van der Waals surface area contributed by atoms with E-state index >= 15 is 0 Å². The number of carbonyl (C=O) groups is 5. The normalized spacial score (nSPS) is 17.0. The standard InChI is InChI=1S/C47H78N8O9S/c1-9-22-55(46(60)41(32(6)11-3)51-44(59)38-14-12-13-23-54(38)8)39(31(4)5)29-40(63-24-10-2)45-50-37(30-65-45)43(58)49-35(18-15-34-16-19-36(56)20-17-34)28-33(7)42(57)52-53-47(61)64-27-26-62-25-21-48/h16-17,19-20,30-33,35,38-41,56H,9-15,18,21-29,48H2,1-8H3,(H,49,58)(H,51,59)(H,52,57)(H,53,61)/t32-,33-,35-,38+,39+,40+,41-/m0/s1. The van der Waals surface area contributed by atoms with Gasteiger partial charge in [0.25, 0.3) is 5.91 Å². The van der Waals surface area contributed by atoms with Crippen LogP contribution in [0.15, 0.2) is 29.6 Å². The number of nitrogens with one attached hydrogen (secondary N) is 4. The number of hydrogen-bond acceptors (Lipinski definition) is 13. The first kappa shape index (κ1) is 55.0. The first-order chi connectivity index (χ1) is 31.1. The summed E-state index contributed by atoms with van der Waals surface area (Å²) < 4.78 is 16.7. The van der Waals surface area contributed by atoms with E-state index in [0.29, 0.717) is 50.6 Å². The van der Waals surface area contributed by atoms with Crippen molar-refractivity contribution in [3.8, 4) is 5.75 Å². The van der Waals surface area contributed by atoms with Crippen molar-refractivity contribution in [2.75, 3.05) is 53.1 Å². The van der Waals surface area contributed by atoms with Gasteiger partial charge in [-0.05, 0) is 88.1 Å². The molecule has 0 aliphatic carbocycles. The van der Waals surface area contributed by atoms with Crippen LogP contribution in [0.2, 0.25) is 0 Å². The summed E-state index contributed by atoms with van der Waals surface area (Å²) in [4.78, 5) is 76.4. The first-order valence-electron chi connectivity index (χ1n) is 23.6. The van der Waals surface area contributed by atoms with Gasteiger partial charge in [0.1, 0.15) is 35.2 Å². The lowest BCUT2D eigenvalue weighted by Crippen LogP contribution is -2.58. The van der Waals surface area contributed by atoms with Crippen LogP contribution in [0.25, 0.3) is 0 Å². The van der Waals surface area contributed by atoms with Crippen LogP contribution in [0.4, 0.5) is 4.79 Å². The summed E-state index contributed by atoms with van der Waals surface area (Å²) in [5.41, 5.74) is 11.2. The van der Waals surface area contributed by atoms with E-state index in [0.717, 1.165) is 50.6 Å². The molecule has 366 valence electrons. The van der Waals surface area contributed by atoms with Crippen LogP contribution >= 0.6 is 11.3 Å². The average molecular weight is 931 g/mol. The smallest absolute Gasteiger partial charge is 0.426 e. The topological polar surface area (TPSA) is 227 Å². The lowest BCUT2D eigenvalue weighted by atomic mass is 9.92. The van der Waals surface area contributed by atoms with Crippen LogP contribution in [0.5, 0.6) is 5.75 Å². The van der Waals surface area contributed by atoms with Gasteiger partial charge in [-0.3, -0.25) is 29.5 Å². The highest BCUT2D eigenvalue weighted by molar-refractivity contribution is 7.09. The predicted octanol–water partition coefficient (Wildman–Crippen LogP) is 5.48. The number of hydrazine groups is 1. The van der Waals surface area contributed by atoms with Crippen LogP contribution in [-0.2, 0) is 35.0 Å². The summed E-state index contributed by atoms with van der Waals surface area (Å²) in [5, 5.41) is 18.4. The Labute approximate surface area is 390 Å². The van der Waals surface area contributed by atoms with Crippen molar-refractivity contribution in [1.29, 1.82) is 0 Å². The molecule has 7 N–H and O–H groups in total. The zero-order valence-corrected chi connectivity index (χ0v) is 40.9. The molecule has 0 unspecified atom stereocenters. The van der Waals surface area contributed by atoms with Gasteiger partial charge in [0.15, 0.2) is 0 Å². The summed E-state index contributed by atoms with van der Waals surface area (Å²) in [7, 11) is 1.97. The van der Waals surface area contributed by atoms with Crippen LogP contribution in [-0.4, -0.2) is 127 Å². The van der Waals surface area contributed by atoms with E-state index in [1.165, 1.54) is 11.3 Å². The van der Waals surface area contributed by atoms with Gasteiger partial charge in [0.2, 0.25) is 17.7 Å². The van der Waals surface area contributed by atoms with Crippen molar-refractivity contribution >= 4 is 41.1 Å². The molecule has 2 heterocycles. The molecule has 1 saturated heterocycles. The molecule has 0 radical (unpaired) electrons. The highest BCUT2D eigenvalue weighted by Crippen LogP contribution is 2.32. The molecule has 18 heteroatoms. The second kappa shape index (κ2) is 29.3. The van der Waals surface area contributed by atoms with Gasteiger partial charge in [-0.25, -0.2) is 15.2 Å². The Hall–Kier alpha value is -4.36. The highest BCUT2D eigenvalue weighted by atomic mass is 32.1. The second-order valence-electron chi connectivity index (χ2n) is 17.5. The van der Waals surface area contributed by atoms with Gasteiger partial charge in [-0.15, -0.1) is 11.3 Å². The van der Waals surface area contributed by atoms with Gasteiger partial charge in [-0.1, -0.05) is 73.4 Å². The zero-order chi connectivity index (χ0) is 47.9. The minimum atomic E-state index is -0.842. The summed E-state index contributed by atoms with van der Waals surface area (Å²) in [6, 6.07) is 5.14. The van der Waals surface area contributed by atoms with Crippen LogP contribution < -0.4 is 27.2 Å². The number of phenols is 1. The Balaban J connectivity index is 1.81. The molecule has 1 fully saturated rings. The van der Waals surface area contributed by atoms with Gasteiger partial charge in [-0.2, -0.15) is 0 Å². The third kappa shape index (κ3) is 18.4. The quantitative estimate of drug-likeness (QED) is 0.0461. The van der Waals surface area contributed by atoms with Crippen LogP contribution in [0.1, 0.15) is 133 Å². The van der Waals surface area contributed by atoms with Gasteiger partial charge in [0.05, 0.1) is 19.3 Å². The lowest BCUT2D eigenvalue weighted by molar-refractivity contribution is -0.143. The van der Waals surface area contributed by atoms with E-state index in [1.807, 2.05) is 39.6 Å². The number of nitrogens with zero attached hydrogens (tertiary/aromatic N) is 3. The largest absolute Gasteiger partial charge is 0.508 e. The number of aryl methyl sites for hydroxylation is 1. The number of hydrogen-bond donors (Lipinski definition) is 6. The molecule has 1 aliphatic heterocycles. The average Bonchev–Trinajstić information content (AvgIpc) is 3.79. The maximum Gasteiger partial charge on any atom is 0.426 e. The number of nitrogens with two attached hydrogens (primary N) is 1. The van der Waals surface area contributed by atoms with E-state index in [1.54, 1.807) is 36.6 Å². The maximum atomic E-state index is 14.7. The summed E-state index contributed by atoms with van der Waals surface area (Å²) in [5.74, 6) is -1.61. The molecule has 0 spiro atoms. The Kier molecular flexibility index (Phi) is 24.8. The number of phenolic OH excluding ortho intramolecular Hbond substituents is 1. The molecule has 0 saturated carbocycles. The number of ether oxygens (including phenoxy) is 3. The first-order valence-corrected chi connectivity index (χ1v) is 24.5. The number of piperidine rings is 1. The molecule has 17 nitrogen and oxygen atoms in total. The fourth-order valence-corrected chi connectivity index (χ4v) is 8.77. The Morgan fingerprint density at radius 2 is 1.69 bits per heavy atom. The summed E-state index contributed by atoms with van der Waals surface area (Å²) in [6.07, 6.45) is 5.35. The zero-order valence-electron chi connectivity index (χ0n) is 40.1. The molecule has 2 aromatic rings. The Morgan fingerprint density at radius 3 is 2.34 bits per heavy atom. The third-order valence-electron chi connectivity index (χ3n) is 11.9. The maximum absolute atomic E-state index is 14.7. The Bertz CT molecular complexity index is 1750. The molecule has 3 rings (SSSR count). The van der Waals surface area contributed by atoms with Crippen molar-refractivity contribution < 1.29 is 43.3 Å².